The van der Waals surface area contributed by atoms with Gasteiger partial charge in [-0.15, -0.1) is 0 Å². The van der Waals surface area contributed by atoms with Gasteiger partial charge in [0.25, 0.3) is 15.9 Å². The maximum absolute atomic E-state index is 13.4. The van der Waals surface area contributed by atoms with Gasteiger partial charge in [-0.2, -0.15) is 5.10 Å². The summed E-state index contributed by atoms with van der Waals surface area (Å²) in [6, 6.07) is 13.7. The Morgan fingerprint density at radius 2 is 1.83 bits per heavy atom. The fraction of sp³-hybridized carbons (Fsp3) is 0.172. The molecule has 3 heterocycles. The molecular weight excluding hydrogens is 566 g/mol. The van der Waals surface area contributed by atoms with Crippen molar-refractivity contribution in [2.75, 3.05) is 5.32 Å². The van der Waals surface area contributed by atoms with Gasteiger partial charge in [0.15, 0.2) is 11.1 Å². The zero-order valence-electron chi connectivity index (χ0n) is 22.6. The quantitative estimate of drug-likeness (QED) is 0.248. The van der Waals surface area contributed by atoms with E-state index in [4.69, 9.17) is 16.0 Å². The normalized spacial score (nSPS) is 12.3. The molecule has 2 aromatic carbocycles. The Morgan fingerprint density at radius 3 is 2.51 bits per heavy atom. The molecule has 210 valence electrons. The minimum Gasteiger partial charge on any atom is -0.455 e. The van der Waals surface area contributed by atoms with Gasteiger partial charge in [0.2, 0.25) is 0 Å². The second kappa shape index (κ2) is 10.8. The van der Waals surface area contributed by atoms with E-state index < -0.39 is 22.0 Å². The first kappa shape index (κ1) is 28.1. The van der Waals surface area contributed by atoms with Gasteiger partial charge < -0.3 is 9.73 Å². The van der Waals surface area contributed by atoms with Crippen LogP contribution in [0.15, 0.2) is 81.1 Å². The fourth-order valence-corrected chi connectivity index (χ4v) is 5.69. The second-order valence-corrected chi connectivity index (χ2v) is 11.7. The Bertz CT molecular complexity index is 1970. The Hall–Kier alpha value is -4.48. The molecule has 0 spiro atoms. The Balaban J connectivity index is 1.55. The number of hydrogen-bond donors (Lipinski definition) is 2. The largest absolute Gasteiger partial charge is 0.455 e. The number of benzene rings is 2. The summed E-state index contributed by atoms with van der Waals surface area (Å²) >= 11 is 6.09. The molecular formula is C29H26ClN5O5S. The fourth-order valence-electron chi connectivity index (χ4n) is 4.57. The van der Waals surface area contributed by atoms with Gasteiger partial charge in [-0.1, -0.05) is 35.9 Å². The van der Waals surface area contributed by atoms with Crippen LogP contribution in [0.2, 0.25) is 5.15 Å². The lowest BCUT2D eigenvalue weighted by atomic mass is 9.99. The third-order valence-corrected chi connectivity index (χ3v) is 8.11. The molecule has 5 aromatic rings. The minimum absolute atomic E-state index is 0.00838. The van der Waals surface area contributed by atoms with Crippen LogP contribution in [0.4, 0.5) is 5.69 Å². The predicted octanol–water partition coefficient (Wildman–Crippen LogP) is 5.15. The maximum atomic E-state index is 13.4. The van der Waals surface area contributed by atoms with Crippen LogP contribution in [0.3, 0.4) is 0 Å². The van der Waals surface area contributed by atoms with E-state index in [0.717, 1.165) is 5.56 Å². The predicted molar refractivity (Wildman–Crippen MR) is 157 cm³/mol. The van der Waals surface area contributed by atoms with Gasteiger partial charge in [0, 0.05) is 24.4 Å². The van der Waals surface area contributed by atoms with E-state index in [2.05, 4.69) is 20.1 Å². The van der Waals surface area contributed by atoms with Gasteiger partial charge in [-0.05, 0) is 56.7 Å². The van der Waals surface area contributed by atoms with Crippen LogP contribution in [-0.4, -0.2) is 29.1 Å². The van der Waals surface area contributed by atoms with Crippen molar-refractivity contribution in [3.05, 3.63) is 105 Å². The van der Waals surface area contributed by atoms with Crippen molar-refractivity contribution in [3.63, 3.8) is 0 Å². The highest BCUT2D eigenvalue weighted by molar-refractivity contribution is 7.90. The van der Waals surface area contributed by atoms with Crippen molar-refractivity contribution < 1.29 is 17.6 Å². The number of fused-ring (bicyclic) bond motifs is 1. The first-order chi connectivity index (χ1) is 19.4. The number of nitrogens with zero attached hydrogens (tertiary/aromatic N) is 3. The highest BCUT2D eigenvalue weighted by atomic mass is 35.5. The van der Waals surface area contributed by atoms with Crippen molar-refractivity contribution in [2.45, 2.75) is 31.7 Å². The number of aryl methyl sites for hydroxylation is 2. The number of hydrogen-bond acceptors (Lipinski definition) is 8. The highest BCUT2D eigenvalue weighted by Crippen LogP contribution is 2.32. The molecule has 1 amide bonds. The Morgan fingerprint density at radius 1 is 1.10 bits per heavy atom. The number of sulfonamides is 1. The molecule has 12 heteroatoms. The molecule has 10 nitrogen and oxygen atoms in total. The summed E-state index contributed by atoms with van der Waals surface area (Å²) in [5, 5.41) is 7.84. The zero-order valence-corrected chi connectivity index (χ0v) is 24.2. The van der Waals surface area contributed by atoms with Gasteiger partial charge >= 0.3 is 0 Å². The van der Waals surface area contributed by atoms with Crippen LogP contribution in [0, 0.1) is 13.8 Å². The van der Waals surface area contributed by atoms with E-state index in [1.54, 1.807) is 55.3 Å². The van der Waals surface area contributed by atoms with Gasteiger partial charge in [0.1, 0.15) is 16.5 Å². The summed E-state index contributed by atoms with van der Waals surface area (Å²) in [6.45, 7) is 5.41. The summed E-state index contributed by atoms with van der Waals surface area (Å²) in [7, 11) is -2.38. The molecule has 5 rings (SSSR count). The van der Waals surface area contributed by atoms with Crippen LogP contribution < -0.4 is 15.5 Å². The Kier molecular flexibility index (Phi) is 7.41. The van der Waals surface area contributed by atoms with E-state index >= 15 is 0 Å². The summed E-state index contributed by atoms with van der Waals surface area (Å²) in [5.74, 6) is -0.548. The molecule has 0 saturated heterocycles. The topological polar surface area (TPSA) is 136 Å². The number of nitrogens with one attached hydrogen (secondary N) is 2. The molecule has 0 radical (unpaired) electrons. The molecule has 0 fully saturated rings. The average molecular weight is 592 g/mol. The summed E-state index contributed by atoms with van der Waals surface area (Å²) in [4.78, 5) is 30.6. The van der Waals surface area contributed by atoms with Crippen LogP contribution in [0.25, 0.3) is 22.3 Å². The van der Waals surface area contributed by atoms with Crippen LogP contribution in [0.1, 0.15) is 40.1 Å². The Labute approximate surface area is 241 Å². The van der Waals surface area contributed by atoms with Gasteiger partial charge in [-0.3, -0.25) is 14.3 Å². The van der Waals surface area contributed by atoms with Crippen LogP contribution in [0.5, 0.6) is 0 Å². The first-order valence-electron chi connectivity index (χ1n) is 12.6. The number of amides is 1. The third-order valence-electron chi connectivity index (χ3n) is 6.55. The number of anilines is 1. The SMILES string of the molecule is Cc1cc([C@@H](C)Nc2ccc(Cl)nc2C(=O)NS(=O)(=O)c2ccccc2)c2oc(-c3cnn(C)c3)c(C)c(=O)c2c1. The maximum Gasteiger partial charge on any atom is 0.285 e. The van der Waals surface area contributed by atoms with E-state index in [-0.39, 0.29) is 26.9 Å². The molecule has 0 unspecified atom stereocenters. The number of halogens is 1. The summed E-state index contributed by atoms with van der Waals surface area (Å²) in [6.07, 6.45) is 3.39. The molecule has 1 atom stereocenters. The van der Waals surface area contributed by atoms with E-state index in [1.807, 2.05) is 19.9 Å². The third kappa shape index (κ3) is 5.59. The number of carbonyl (C=O) groups excluding carboxylic acids is 1. The molecule has 0 bridgehead atoms. The summed E-state index contributed by atoms with van der Waals surface area (Å²) < 4.78 is 35.6. The van der Waals surface area contributed by atoms with Crippen LogP contribution in [-0.2, 0) is 17.1 Å². The van der Waals surface area contributed by atoms with Crippen molar-refractivity contribution in [2.24, 2.45) is 7.05 Å². The molecule has 2 N–H and O–H groups in total. The smallest absolute Gasteiger partial charge is 0.285 e. The van der Waals surface area contributed by atoms with Crippen molar-refractivity contribution >= 4 is 44.2 Å². The molecule has 3 aromatic heterocycles. The van der Waals surface area contributed by atoms with Gasteiger partial charge in [0.05, 0.1) is 33.8 Å². The minimum atomic E-state index is -4.16. The first-order valence-corrected chi connectivity index (χ1v) is 14.4. The molecule has 0 aliphatic carbocycles. The lowest BCUT2D eigenvalue weighted by Gasteiger charge is -2.20. The lowest BCUT2D eigenvalue weighted by Crippen LogP contribution is -2.32. The molecule has 0 aliphatic rings. The number of pyridine rings is 1. The average Bonchev–Trinajstić information content (AvgIpc) is 3.37. The van der Waals surface area contributed by atoms with Crippen molar-refractivity contribution in [1.82, 2.24) is 19.5 Å². The number of aromatic nitrogens is 3. The standard InChI is InChI=1S/C29H26ClN5O5S/c1-16-12-21(28-22(13-16)26(36)17(2)27(40-28)19-14-31-35(4)15-19)18(3)32-23-10-11-24(30)33-25(23)29(37)34-41(38,39)20-8-6-5-7-9-20/h5-15,18,32H,1-4H3,(H,34,37)/t18-/m1/s1. The highest BCUT2D eigenvalue weighted by Gasteiger charge is 2.24. The number of carbonyl (C=O) groups is 1. The van der Waals surface area contributed by atoms with Crippen molar-refractivity contribution in [3.8, 4) is 11.3 Å². The summed E-state index contributed by atoms with van der Waals surface area (Å²) in [5.41, 5.74) is 2.85. The zero-order chi connectivity index (χ0) is 29.5. The lowest BCUT2D eigenvalue weighted by molar-refractivity contribution is 0.0977. The number of rotatable bonds is 7. The molecule has 0 saturated carbocycles. The van der Waals surface area contributed by atoms with E-state index in [9.17, 15) is 18.0 Å². The molecule has 41 heavy (non-hydrogen) atoms. The van der Waals surface area contributed by atoms with E-state index in [1.165, 1.54) is 24.3 Å². The van der Waals surface area contributed by atoms with Gasteiger partial charge in [-0.25, -0.2) is 18.1 Å². The van der Waals surface area contributed by atoms with E-state index in [0.29, 0.717) is 33.4 Å². The van der Waals surface area contributed by atoms with Crippen molar-refractivity contribution in [1.29, 1.82) is 0 Å². The second-order valence-electron chi connectivity index (χ2n) is 9.66. The van der Waals surface area contributed by atoms with Crippen LogP contribution >= 0.6 is 11.6 Å². The monoisotopic (exact) mass is 591 g/mol. The molecule has 0 aliphatic heterocycles.